The topological polar surface area (TPSA) is 55.4 Å². The van der Waals surface area contributed by atoms with Gasteiger partial charge in [-0.15, -0.1) is 0 Å². The number of rotatable bonds is 7. The molecule has 1 unspecified atom stereocenters. The first-order valence-electron chi connectivity index (χ1n) is 7.31. The van der Waals surface area contributed by atoms with Crippen molar-refractivity contribution in [1.29, 1.82) is 0 Å². The van der Waals surface area contributed by atoms with Gasteiger partial charge in [-0.2, -0.15) is 0 Å². The summed E-state index contributed by atoms with van der Waals surface area (Å²) in [5, 5.41) is 3.46. The molecule has 2 rings (SSSR count). The van der Waals surface area contributed by atoms with Crippen molar-refractivity contribution < 1.29 is 13.2 Å². The lowest BCUT2D eigenvalue weighted by Gasteiger charge is -2.27. The van der Waals surface area contributed by atoms with Crippen molar-refractivity contribution in [3.8, 4) is 5.75 Å². The zero-order chi connectivity index (χ0) is 15.7. The van der Waals surface area contributed by atoms with Crippen molar-refractivity contribution in [3.05, 3.63) is 29.8 Å². The second-order valence-corrected chi connectivity index (χ2v) is 9.15. The van der Waals surface area contributed by atoms with E-state index in [4.69, 9.17) is 4.74 Å². The lowest BCUT2D eigenvalue weighted by Crippen LogP contribution is -2.43. The van der Waals surface area contributed by atoms with Crippen LogP contribution in [0.1, 0.15) is 38.3 Å². The van der Waals surface area contributed by atoms with Crippen LogP contribution in [0, 0.1) is 5.92 Å². The van der Waals surface area contributed by atoms with Gasteiger partial charge in [-0.1, -0.05) is 12.1 Å². The molecule has 118 valence electrons. The summed E-state index contributed by atoms with van der Waals surface area (Å²) in [5.74, 6) is 1.44. The van der Waals surface area contributed by atoms with Crippen molar-refractivity contribution in [3.63, 3.8) is 0 Å². The van der Waals surface area contributed by atoms with Gasteiger partial charge < -0.3 is 10.1 Å². The third-order valence-corrected chi connectivity index (χ3v) is 6.47. The molecule has 1 fully saturated rings. The fourth-order valence-corrected chi connectivity index (χ4v) is 2.63. The molecule has 0 heterocycles. The summed E-state index contributed by atoms with van der Waals surface area (Å²) < 4.78 is 28.1. The first kappa shape index (κ1) is 16.3. The predicted molar refractivity (Wildman–Crippen MR) is 85.4 cm³/mol. The van der Waals surface area contributed by atoms with Gasteiger partial charge >= 0.3 is 0 Å². The molecule has 1 aliphatic rings. The highest BCUT2D eigenvalue weighted by Crippen LogP contribution is 2.41. The monoisotopic (exact) mass is 311 g/mol. The minimum Gasteiger partial charge on any atom is -0.497 e. The van der Waals surface area contributed by atoms with Gasteiger partial charge in [0.1, 0.15) is 5.75 Å². The minimum absolute atomic E-state index is 0.219. The normalized spacial score (nSPS) is 17.5. The van der Waals surface area contributed by atoms with Crippen LogP contribution in [0.15, 0.2) is 24.3 Å². The van der Waals surface area contributed by atoms with Crippen LogP contribution in [-0.4, -0.2) is 33.1 Å². The molecule has 1 aliphatic carbocycles. The van der Waals surface area contributed by atoms with E-state index >= 15 is 0 Å². The van der Waals surface area contributed by atoms with Gasteiger partial charge in [0.2, 0.25) is 0 Å². The van der Waals surface area contributed by atoms with E-state index in [1.807, 2.05) is 12.1 Å². The maximum absolute atomic E-state index is 11.8. The number of ether oxygens (including phenoxy) is 1. The Labute approximate surface area is 127 Å². The highest BCUT2D eigenvalue weighted by Gasteiger charge is 2.36. The van der Waals surface area contributed by atoms with Crippen LogP contribution >= 0.6 is 0 Å². The van der Waals surface area contributed by atoms with Crippen molar-refractivity contribution >= 4 is 9.84 Å². The number of benzene rings is 1. The first-order valence-corrected chi connectivity index (χ1v) is 9.21. The summed E-state index contributed by atoms with van der Waals surface area (Å²) in [6.07, 6.45) is 3.69. The van der Waals surface area contributed by atoms with E-state index in [0.717, 1.165) is 5.75 Å². The molecule has 5 heteroatoms. The highest BCUT2D eigenvalue weighted by molar-refractivity contribution is 7.92. The van der Waals surface area contributed by atoms with Gasteiger partial charge in [0.15, 0.2) is 9.84 Å². The quantitative estimate of drug-likeness (QED) is 0.841. The molecule has 1 saturated carbocycles. The van der Waals surface area contributed by atoms with Crippen LogP contribution in [-0.2, 0) is 9.84 Å². The number of hydrogen-bond donors (Lipinski definition) is 1. The lowest BCUT2D eigenvalue weighted by molar-refractivity contribution is 0.413. The lowest BCUT2D eigenvalue weighted by atomic mass is 10.0. The highest BCUT2D eigenvalue weighted by atomic mass is 32.2. The van der Waals surface area contributed by atoms with Gasteiger partial charge in [0, 0.05) is 18.8 Å². The van der Waals surface area contributed by atoms with Crippen LogP contribution in [0.3, 0.4) is 0 Å². The van der Waals surface area contributed by atoms with Crippen molar-refractivity contribution in [2.24, 2.45) is 5.92 Å². The van der Waals surface area contributed by atoms with E-state index in [0.29, 0.717) is 12.5 Å². The Morgan fingerprint density at radius 1 is 1.29 bits per heavy atom. The van der Waals surface area contributed by atoms with Crippen molar-refractivity contribution in [2.45, 2.75) is 37.5 Å². The summed E-state index contributed by atoms with van der Waals surface area (Å²) in [6.45, 7) is 4.00. The molecule has 0 bridgehead atoms. The third-order valence-electron chi connectivity index (χ3n) is 4.32. The Morgan fingerprint density at radius 2 is 1.86 bits per heavy atom. The molecular weight excluding hydrogens is 286 g/mol. The van der Waals surface area contributed by atoms with E-state index in [-0.39, 0.29) is 6.04 Å². The van der Waals surface area contributed by atoms with Gasteiger partial charge in [-0.3, -0.25) is 0 Å². The molecule has 4 nitrogen and oxygen atoms in total. The van der Waals surface area contributed by atoms with E-state index in [9.17, 15) is 8.42 Å². The largest absolute Gasteiger partial charge is 0.497 e. The molecule has 0 aliphatic heterocycles. The summed E-state index contributed by atoms with van der Waals surface area (Å²) in [4.78, 5) is 0. The molecule has 1 aromatic carbocycles. The van der Waals surface area contributed by atoms with E-state index in [2.05, 4.69) is 17.4 Å². The Kier molecular flexibility index (Phi) is 4.63. The number of hydrogen-bond acceptors (Lipinski definition) is 4. The molecule has 0 amide bonds. The van der Waals surface area contributed by atoms with Gasteiger partial charge in [-0.05, 0) is 50.3 Å². The molecule has 1 atom stereocenters. The maximum atomic E-state index is 11.8. The minimum atomic E-state index is -3.08. The van der Waals surface area contributed by atoms with Crippen molar-refractivity contribution in [2.75, 3.05) is 19.9 Å². The zero-order valence-electron chi connectivity index (χ0n) is 13.2. The molecular formula is C16H25NO3S. The smallest absolute Gasteiger partial charge is 0.153 e. The summed E-state index contributed by atoms with van der Waals surface area (Å²) in [5.41, 5.74) is 1.20. The third kappa shape index (κ3) is 3.98. The molecule has 1 aromatic rings. The predicted octanol–water partition coefficient (Wildman–Crippen LogP) is 2.56. The summed E-state index contributed by atoms with van der Waals surface area (Å²) in [7, 11) is -1.43. The van der Waals surface area contributed by atoms with E-state index < -0.39 is 14.6 Å². The molecule has 0 radical (unpaired) electrons. The van der Waals surface area contributed by atoms with E-state index in [1.54, 1.807) is 21.0 Å². The Bertz CT molecular complexity index is 574. The number of methoxy groups -OCH3 is 1. The summed E-state index contributed by atoms with van der Waals surface area (Å²) >= 11 is 0. The molecule has 0 aromatic heterocycles. The zero-order valence-corrected chi connectivity index (χ0v) is 14.0. The maximum Gasteiger partial charge on any atom is 0.153 e. The van der Waals surface area contributed by atoms with Crippen LogP contribution < -0.4 is 10.1 Å². The van der Waals surface area contributed by atoms with Crippen LogP contribution in [0.5, 0.6) is 5.75 Å². The second-order valence-electron chi connectivity index (χ2n) is 6.50. The van der Waals surface area contributed by atoms with Gasteiger partial charge in [-0.25, -0.2) is 8.42 Å². The van der Waals surface area contributed by atoms with Crippen molar-refractivity contribution in [1.82, 2.24) is 5.32 Å². The van der Waals surface area contributed by atoms with Crippen LogP contribution in [0.2, 0.25) is 0 Å². The second kappa shape index (κ2) is 5.97. The number of nitrogens with one attached hydrogen (secondary N) is 1. The SMILES string of the molecule is COc1ccc(C(NCC(C)(C)S(C)(=O)=O)C2CC2)cc1. The molecule has 0 spiro atoms. The Balaban J connectivity index is 2.09. The van der Waals surface area contributed by atoms with Gasteiger partial charge in [0.05, 0.1) is 11.9 Å². The van der Waals surface area contributed by atoms with Crippen LogP contribution in [0.4, 0.5) is 0 Å². The Morgan fingerprint density at radius 3 is 2.29 bits per heavy atom. The number of sulfone groups is 1. The van der Waals surface area contributed by atoms with Crippen LogP contribution in [0.25, 0.3) is 0 Å². The average Bonchev–Trinajstić information content (AvgIpc) is 3.23. The molecule has 21 heavy (non-hydrogen) atoms. The average molecular weight is 311 g/mol. The summed E-state index contributed by atoms with van der Waals surface area (Å²) in [6, 6.07) is 8.24. The van der Waals surface area contributed by atoms with E-state index in [1.165, 1.54) is 24.7 Å². The first-order chi connectivity index (χ1) is 9.74. The standard InChI is InChI=1S/C16H25NO3S/c1-16(2,21(4,18)19)11-17-15(12-5-6-12)13-7-9-14(20-3)10-8-13/h7-10,12,15,17H,5-6,11H2,1-4H3. The molecule has 1 N–H and O–H groups in total. The fourth-order valence-electron chi connectivity index (χ4n) is 2.28. The Hall–Kier alpha value is -1.07. The van der Waals surface area contributed by atoms with Gasteiger partial charge in [0.25, 0.3) is 0 Å². The fraction of sp³-hybridized carbons (Fsp3) is 0.625. The molecule has 0 saturated heterocycles.